The fourth-order valence-corrected chi connectivity index (χ4v) is 3.52. The summed E-state index contributed by atoms with van der Waals surface area (Å²) in [5, 5.41) is 11.7. The van der Waals surface area contributed by atoms with E-state index < -0.39 is 0 Å². The fourth-order valence-electron chi connectivity index (χ4n) is 3.31. The van der Waals surface area contributed by atoms with Gasteiger partial charge in [0, 0.05) is 55.9 Å². The molecular formula is C19H22ClN3O2. The van der Waals surface area contributed by atoms with Crippen LogP contribution < -0.4 is 0 Å². The third-order valence-electron chi connectivity index (χ3n) is 4.81. The van der Waals surface area contributed by atoms with Gasteiger partial charge in [-0.3, -0.25) is 19.9 Å². The van der Waals surface area contributed by atoms with Gasteiger partial charge in [0.05, 0.1) is 4.92 Å². The molecule has 1 saturated heterocycles. The van der Waals surface area contributed by atoms with Crippen LogP contribution in [0.5, 0.6) is 0 Å². The maximum atomic E-state index is 11.0. The number of nitro benzene ring substituents is 1. The summed E-state index contributed by atoms with van der Waals surface area (Å²) in [6.07, 6.45) is 0. The van der Waals surface area contributed by atoms with Gasteiger partial charge in [0.25, 0.3) is 5.69 Å². The molecule has 3 rings (SSSR count). The Kier molecular flexibility index (Phi) is 5.68. The van der Waals surface area contributed by atoms with Crippen LogP contribution in [0.3, 0.4) is 0 Å². The SMILES string of the molecule is C[C@H](c1cccc([N+](=O)[O-])c1)N1CCN(Cc2cccc(Cl)c2)CC1. The molecule has 0 saturated carbocycles. The van der Waals surface area contributed by atoms with Crippen LogP contribution in [0.4, 0.5) is 5.69 Å². The summed E-state index contributed by atoms with van der Waals surface area (Å²) >= 11 is 6.06. The second kappa shape index (κ2) is 7.95. The molecule has 25 heavy (non-hydrogen) atoms. The van der Waals surface area contributed by atoms with Crippen molar-refractivity contribution in [2.24, 2.45) is 0 Å². The van der Waals surface area contributed by atoms with E-state index in [1.165, 1.54) is 5.56 Å². The summed E-state index contributed by atoms with van der Waals surface area (Å²) in [4.78, 5) is 15.4. The first kappa shape index (κ1) is 17.9. The zero-order valence-corrected chi connectivity index (χ0v) is 15.0. The Bertz CT molecular complexity index is 745. The highest BCUT2D eigenvalue weighted by atomic mass is 35.5. The zero-order chi connectivity index (χ0) is 17.8. The Morgan fingerprint density at radius 3 is 2.52 bits per heavy atom. The Balaban J connectivity index is 1.58. The lowest BCUT2D eigenvalue weighted by Crippen LogP contribution is -2.46. The van der Waals surface area contributed by atoms with Crippen LogP contribution in [0.15, 0.2) is 48.5 Å². The highest BCUT2D eigenvalue weighted by molar-refractivity contribution is 6.30. The van der Waals surface area contributed by atoms with Crippen LogP contribution in [-0.2, 0) is 6.54 Å². The summed E-state index contributed by atoms with van der Waals surface area (Å²) in [5.41, 5.74) is 2.38. The minimum Gasteiger partial charge on any atom is -0.297 e. The van der Waals surface area contributed by atoms with Gasteiger partial charge in [0.15, 0.2) is 0 Å². The average Bonchev–Trinajstić information content (AvgIpc) is 2.62. The molecule has 6 heteroatoms. The van der Waals surface area contributed by atoms with E-state index in [4.69, 9.17) is 11.6 Å². The number of nitrogens with zero attached hydrogens (tertiary/aromatic N) is 3. The lowest BCUT2D eigenvalue weighted by molar-refractivity contribution is -0.385. The largest absolute Gasteiger partial charge is 0.297 e. The molecule has 0 aliphatic carbocycles. The van der Waals surface area contributed by atoms with Crippen molar-refractivity contribution in [3.05, 3.63) is 74.8 Å². The Morgan fingerprint density at radius 1 is 1.12 bits per heavy atom. The van der Waals surface area contributed by atoms with Crippen LogP contribution in [0.25, 0.3) is 0 Å². The van der Waals surface area contributed by atoms with Crippen molar-refractivity contribution in [1.82, 2.24) is 9.80 Å². The molecule has 0 unspecified atom stereocenters. The standard InChI is InChI=1S/C19H22ClN3O2/c1-15(17-5-3-7-19(13-17)23(24)25)22-10-8-21(9-11-22)14-16-4-2-6-18(20)12-16/h2-7,12-13,15H,8-11,14H2,1H3/t15-/m1/s1. The van der Waals surface area contributed by atoms with E-state index in [0.717, 1.165) is 43.3 Å². The molecule has 1 atom stereocenters. The average molecular weight is 360 g/mol. The maximum absolute atomic E-state index is 11.0. The number of rotatable bonds is 5. The van der Waals surface area contributed by atoms with Crippen molar-refractivity contribution in [2.75, 3.05) is 26.2 Å². The number of non-ortho nitro benzene ring substituents is 1. The van der Waals surface area contributed by atoms with E-state index in [-0.39, 0.29) is 16.7 Å². The first-order valence-electron chi connectivity index (χ1n) is 8.48. The van der Waals surface area contributed by atoms with Crippen molar-refractivity contribution in [1.29, 1.82) is 0 Å². The second-order valence-electron chi connectivity index (χ2n) is 6.47. The van der Waals surface area contributed by atoms with Crippen molar-refractivity contribution in [2.45, 2.75) is 19.5 Å². The lowest BCUT2D eigenvalue weighted by Gasteiger charge is -2.38. The van der Waals surface area contributed by atoms with Crippen molar-refractivity contribution in [3.63, 3.8) is 0 Å². The minimum absolute atomic E-state index is 0.156. The molecule has 0 radical (unpaired) electrons. The first-order chi connectivity index (χ1) is 12.0. The molecule has 1 heterocycles. The number of piperazine rings is 1. The molecule has 1 aliphatic rings. The van der Waals surface area contributed by atoms with E-state index in [1.807, 2.05) is 24.3 Å². The Morgan fingerprint density at radius 2 is 1.84 bits per heavy atom. The van der Waals surface area contributed by atoms with E-state index in [9.17, 15) is 10.1 Å². The van der Waals surface area contributed by atoms with Gasteiger partial charge in [-0.25, -0.2) is 0 Å². The van der Waals surface area contributed by atoms with E-state index in [2.05, 4.69) is 22.8 Å². The van der Waals surface area contributed by atoms with Gasteiger partial charge in [0.1, 0.15) is 0 Å². The monoisotopic (exact) mass is 359 g/mol. The molecule has 132 valence electrons. The minimum atomic E-state index is -0.334. The lowest BCUT2D eigenvalue weighted by atomic mass is 10.1. The smallest absolute Gasteiger partial charge is 0.269 e. The summed E-state index contributed by atoms with van der Waals surface area (Å²) in [6.45, 7) is 6.87. The van der Waals surface area contributed by atoms with Gasteiger partial charge >= 0.3 is 0 Å². The van der Waals surface area contributed by atoms with Crippen LogP contribution in [-0.4, -0.2) is 40.9 Å². The van der Waals surface area contributed by atoms with Crippen LogP contribution in [0, 0.1) is 10.1 Å². The van der Waals surface area contributed by atoms with Gasteiger partial charge in [-0.1, -0.05) is 35.9 Å². The Hall–Kier alpha value is -1.95. The van der Waals surface area contributed by atoms with Gasteiger partial charge < -0.3 is 0 Å². The third kappa shape index (κ3) is 4.57. The quantitative estimate of drug-likeness (QED) is 0.595. The van der Waals surface area contributed by atoms with Crippen molar-refractivity contribution in [3.8, 4) is 0 Å². The molecule has 1 fully saturated rings. The second-order valence-corrected chi connectivity index (χ2v) is 6.91. The normalized spacial score (nSPS) is 17.4. The van der Waals surface area contributed by atoms with E-state index >= 15 is 0 Å². The molecule has 1 aliphatic heterocycles. The summed E-state index contributed by atoms with van der Waals surface area (Å²) in [7, 11) is 0. The van der Waals surface area contributed by atoms with Crippen LogP contribution >= 0.6 is 11.6 Å². The number of halogens is 1. The number of benzene rings is 2. The van der Waals surface area contributed by atoms with Crippen LogP contribution in [0.1, 0.15) is 24.1 Å². The molecular weight excluding hydrogens is 338 g/mol. The molecule has 0 bridgehead atoms. The van der Waals surface area contributed by atoms with Gasteiger partial charge in [-0.05, 0) is 30.2 Å². The zero-order valence-electron chi connectivity index (χ0n) is 14.3. The number of hydrogen-bond acceptors (Lipinski definition) is 4. The summed E-state index contributed by atoms with van der Waals surface area (Å²) in [6, 6.07) is 15.1. The predicted octanol–water partition coefficient (Wildman–Crippen LogP) is 4.13. The third-order valence-corrected chi connectivity index (χ3v) is 5.05. The molecule has 0 N–H and O–H groups in total. The fraction of sp³-hybridized carbons (Fsp3) is 0.368. The topological polar surface area (TPSA) is 49.6 Å². The van der Waals surface area contributed by atoms with E-state index in [1.54, 1.807) is 18.2 Å². The van der Waals surface area contributed by atoms with E-state index in [0.29, 0.717) is 0 Å². The highest BCUT2D eigenvalue weighted by Crippen LogP contribution is 2.25. The van der Waals surface area contributed by atoms with Gasteiger partial charge in [-0.2, -0.15) is 0 Å². The van der Waals surface area contributed by atoms with Gasteiger partial charge in [0.2, 0.25) is 0 Å². The van der Waals surface area contributed by atoms with Gasteiger partial charge in [-0.15, -0.1) is 0 Å². The highest BCUT2D eigenvalue weighted by Gasteiger charge is 2.23. The predicted molar refractivity (Wildman–Crippen MR) is 99.8 cm³/mol. The maximum Gasteiger partial charge on any atom is 0.269 e. The molecule has 2 aromatic carbocycles. The molecule has 0 aromatic heterocycles. The van der Waals surface area contributed by atoms with Crippen molar-refractivity contribution >= 4 is 17.3 Å². The van der Waals surface area contributed by atoms with Crippen molar-refractivity contribution < 1.29 is 4.92 Å². The summed E-state index contributed by atoms with van der Waals surface area (Å²) < 4.78 is 0. The molecule has 2 aromatic rings. The van der Waals surface area contributed by atoms with Crippen LogP contribution in [0.2, 0.25) is 5.02 Å². The summed E-state index contributed by atoms with van der Waals surface area (Å²) in [5.74, 6) is 0. The number of hydrogen-bond donors (Lipinski definition) is 0. The first-order valence-corrected chi connectivity index (χ1v) is 8.86. The Labute approximate surface area is 153 Å². The molecule has 0 amide bonds. The molecule has 5 nitrogen and oxygen atoms in total. The number of nitro groups is 1. The molecule has 0 spiro atoms.